The lowest BCUT2D eigenvalue weighted by Gasteiger charge is -2.42. The number of anilines is 1. The first-order valence-corrected chi connectivity index (χ1v) is 13.1. The van der Waals surface area contributed by atoms with Gasteiger partial charge in [-0.15, -0.1) is 0 Å². The summed E-state index contributed by atoms with van der Waals surface area (Å²) in [6.45, 7) is 5.06. The highest BCUT2D eigenvalue weighted by Gasteiger charge is 2.36. The molecule has 33 heavy (non-hydrogen) atoms. The fraction of sp³-hybridized carbons (Fsp3) is 0.333. The van der Waals surface area contributed by atoms with Crippen LogP contribution in [-0.4, -0.2) is 51.6 Å². The number of nitrogens with zero attached hydrogens (tertiary/aromatic N) is 2. The smallest absolute Gasteiger partial charge is 0.243 e. The van der Waals surface area contributed by atoms with E-state index in [1.165, 1.54) is 11.1 Å². The number of piperazine rings is 1. The lowest BCUT2D eigenvalue weighted by molar-refractivity contribution is 0.136. The molecule has 1 aliphatic heterocycles. The zero-order valence-corrected chi connectivity index (χ0v) is 20.0. The Labute approximate surface area is 197 Å². The molecule has 1 aliphatic rings. The molecule has 3 aromatic rings. The highest BCUT2D eigenvalue weighted by atomic mass is 32.2. The van der Waals surface area contributed by atoms with E-state index in [0.29, 0.717) is 37.7 Å². The van der Waals surface area contributed by atoms with E-state index in [2.05, 4.69) is 41.3 Å². The van der Waals surface area contributed by atoms with Crippen molar-refractivity contribution in [3.63, 3.8) is 0 Å². The summed E-state index contributed by atoms with van der Waals surface area (Å²) >= 11 is 0. The number of sulfonamides is 1. The Morgan fingerprint density at radius 1 is 0.879 bits per heavy atom. The predicted molar refractivity (Wildman–Crippen MR) is 134 cm³/mol. The second-order valence-corrected chi connectivity index (χ2v) is 10.1. The average Bonchev–Trinajstić information content (AvgIpc) is 2.87. The van der Waals surface area contributed by atoms with Gasteiger partial charge in [0.15, 0.2) is 0 Å². The summed E-state index contributed by atoms with van der Waals surface area (Å²) < 4.78 is 34.2. The molecule has 174 valence electrons. The Balaban J connectivity index is 1.61. The number of ether oxygens (including phenoxy) is 1. The zero-order chi connectivity index (χ0) is 23.1. The van der Waals surface area contributed by atoms with Gasteiger partial charge in [0.1, 0.15) is 0 Å². The van der Waals surface area contributed by atoms with Crippen molar-refractivity contribution in [1.82, 2.24) is 4.31 Å². The van der Waals surface area contributed by atoms with Crippen molar-refractivity contribution in [3.05, 3.63) is 84.9 Å². The van der Waals surface area contributed by atoms with E-state index in [4.69, 9.17) is 4.74 Å². The maximum Gasteiger partial charge on any atom is 0.243 e. The summed E-state index contributed by atoms with van der Waals surface area (Å²) in [6, 6.07) is 27.4. The molecule has 3 aromatic carbocycles. The molecule has 0 bridgehead atoms. The number of hydrogen-bond acceptors (Lipinski definition) is 4. The topological polar surface area (TPSA) is 49.9 Å². The summed E-state index contributed by atoms with van der Waals surface area (Å²) in [4.78, 5) is 2.70. The molecule has 1 unspecified atom stereocenters. The molecule has 6 heteroatoms. The monoisotopic (exact) mass is 464 g/mol. The maximum absolute atomic E-state index is 13.5. The third kappa shape index (κ3) is 5.46. The number of rotatable bonds is 9. The van der Waals surface area contributed by atoms with Crippen molar-refractivity contribution in [2.24, 2.45) is 0 Å². The standard InChI is InChI=1S/C27H32N2O3S/c1-2-32-21-11-14-24-22-28(19-20-29(24)33(30,31)25-15-7-4-8-16-25)27-18-10-9-17-26(27)23-12-5-3-6-13-23/h3-10,12-13,15-18,24H,2,11,14,19-22H2,1H3. The van der Waals surface area contributed by atoms with Crippen LogP contribution >= 0.6 is 0 Å². The molecule has 0 saturated carbocycles. The van der Waals surface area contributed by atoms with Gasteiger partial charge in [-0.05, 0) is 43.5 Å². The van der Waals surface area contributed by atoms with E-state index in [0.717, 1.165) is 18.5 Å². The lowest BCUT2D eigenvalue weighted by atomic mass is 10.0. The Kier molecular flexibility index (Phi) is 7.81. The molecule has 1 atom stereocenters. The molecule has 5 nitrogen and oxygen atoms in total. The number of benzene rings is 3. The second-order valence-electron chi connectivity index (χ2n) is 8.25. The van der Waals surface area contributed by atoms with E-state index in [9.17, 15) is 8.42 Å². The van der Waals surface area contributed by atoms with Gasteiger partial charge in [0.2, 0.25) is 10.0 Å². The van der Waals surface area contributed by atoms with E-state index < -0.39 is 10.0 Å². The molecule has 1 saturated heterocycles. The maximum atomic E-state index is 13.5. The first-order valence-electron chi connectivity index (χ1n) is 11.7. The van der Waals surface area contributed by atoms with Gasteiger partial charge in [-0.3, -0.25) is 0 Å². The van der Waals surface area contributed by atoms with Gasteiger partial charge >= 0.3 is 0 Å². The van der Waals surface area contributed by atoms with Crippen LogP contribution in [0.3, 0.4) is 0 Å². The molecule has 0 amide bonds. The van der Waals surface area contributed by atoms with Gasteiger partial charge in [0, 0.05) is 50.1 Å². The number of para-hydroxylation sites is 1. The third-order valence-corrected chi connectivity index (χ3v) is 8.10. The second kappa shape index (κ2) is 11.0. The van der Waals surface area contributed by atoms with Gasteiger partial charge in [0.25, 0.3) is 0 Å². The van der Waals surface area contributed by atoms with Crippen LogP contribution in [-0.2, 0) is 14.8 Å². The Morgan fingerprint density at radius 3 is 2.27 bits per heavy atom. The molecule has 0 aliphatic carbocycles. The summed E-state index contributed by atoms with van der Waals surface area (Å²) in [7, 11) is -3.56. The molecule has 0 aromatic heterocycles. The van der Waals surface area contributed by atoms with Crippen LogP contribution in [0, 0.1) is 0 Å². The summed E-state index contributed by atoms with van der Waals surface area (Å²) in [5, 5.41) is 0. The van der Waals surface area contributed by atoms with Crippen LogP contribution in [0.5, 0.6) is 0 Å². The van der Waals surface area contributed by atoms with Crippen LogP contribution in [0.4, 0.5) is 5.69 Å². The van der Waals surface area contributed by atoms with Gasteiger partial charge in [-0.25, -0.2) is 8.42 Å². The van der Waals surface area contributed by atoms with E-state index in [1.807, 2.05) is 31.2 Å². The minimum atomic E-state index is -3.56. The minimum absolute atomic E-state index is 0.117. The predicted octanol–water partition coefficient (Wildman–Crippen LogP) is 5.05. The van der Waals surface area contributed by atoms with Gasteiger partial charge < -0.3 is 9.64 Å². The lowest BCUT2D eigenvalue weighted by Crippen LogP contribution is -2.55. The van der Waals surface area contributed by atoms with Crippen molar-refractivity contribution in [1.29, 1.82) is 0 Å². The molecule has 0 radical (unpaired) electrons. The Bertz CT molecular complexity index is 1120. The first-order chi connectivity index (χ1) is 16.1. The van der Waals surface area contributed by atoms with Crippen molar-refractivity contribution in [2.45, 2.75) is 30.7 Å². The van der Waals surface area contributed by atoms with Crippen molar-refractivity contribution in [2.75, 3.05) is 37.7 Å². The van der Waals surface area contributed by atoms with Crippen LogP contribution in [0.2, 0.25) is 0 Å². The van der Waals surface area contributed by atoms with Gasteiger partial charge in [-0.2, -0.15) is 4.31 Å². The van der Waals surface area contributed by atoms with E-state index in [-0.39, 0.29) is 6.04 Å². The van der Waals surface area contributed by atoms with Crippen LogP contribution in [0.15, 0.2) is 89.8 Å². The largest absolute Gasteiger partial charge is 0.382 e. The van der Waals surface area contributed by atoms with Crippen molar-refractivity contribution >= 4 is 15.7 Å². The Hall–Kier alpha value is -2.67. The van der Waals surface area contributed by atoms with Crippen molar-refractivity contribution in [3.8, 4) is 11.1 Å². The molecule has 1 fully saturated rings. The third-order valence-electron chi connectivity index (χ3n) is 6.14. The quantitative estimate of drug-likeness (QED) is 0.416. The Morgan fingerprint density at radius 2 is 1.55 bits per heavy atom. The molecule has 0 N–H and O–H groups in total. The van der Waals surface area contributed by atoms with E-state index >= 15 is 0 Å². The highest BCUT2D eigenvalue weighted by Crippen LogP contribution is 2.33. The number of hydrogen-bond donors (Lipinski definition) is 0. The van der Waals surface area contributed by atoms with Crippen LogP contribution < -0.4 is 4.90 Å². The summed E-state index contributed by atoms with van der Waals surface area (Å²) in [5.41, 5.74) is 3.49. The molecule has 0 spiro atoms. The highest BCUT2D eigenvalue weighted by molar-refractivity contribution is 7.89. The van der Waals surface area contributed by atoms with E-state index in [1.54, 1.807) is 28.6 Å². The average molecular weight is 465 g/mol. The van der Waals surface area contributed by atoms with Gasteiger partial charge in [-0.1, -0.05) is 66.7 Å². The first kappa shape index (κ1) is 23.5. The normalized spacial score (nSPS) is 17.2. The van der Waals surface area contributed by atoms with Crippen LogP contribution in [0.25, 0.3) is 11.1 Å². The van der Waals surface area contributed by atoms with Gasteiger partial charge in [0.05, 0.1) is 4.90 Å². The fourth-order valence-electron chi connectivity index (χ4n) is 4.51. The summed E-state index contributed by atoms with van der Waals surface area (Å²) in [5.74, 6) is 0. The SMILES string of the molecule is CCOCCCC1CN(c2ccccc2-c2ccccc2)CCN1S(=O)(=O)c1ccccc1. The summed E-state index contributed by atoms with van der Waals surface area (Å²) in [6.07, 6.45) is 1.59. The van der Waals surface area contributed by atoms with Crippen molar-refractivity contribution < 1.29 is 13.2 Å². The molecular weight excluding hydrogens is 432 g/mol. The minimum Gasteiger partial charge on any atom is -0.382 e. The zero-order valence-electron chi connectivity index (χ0n) is 19.1. The fourth-order valence-corrected chi connectivity index (χ4v) is 6.17. The molecular formula is C27H32N2O3S. The molecule has 1 heterocycles. The van der Waals surface area contributed by atoms with Crippen LogP contribution in [0.1, 0.15) is 19.8 Å². The molecule has 4 rings (SSSR count).